The molecule has 0 aromatic carbocycles. The Morgan fingerprint density at radius 3 is 2.69 bits per heavy atom. The highest BCUT2D eigenvalue weighted by Crippen LogP contribution is 2.32. The highest BCUT2D eigenvalue weighted by atomic mass is 32.1. The summed E-state index contributed by atoms with van der Waals surface area (Å²) in [6.07, 6.45) is -5.66. The quantitative estimate of drug-likeness (QED) is 0.581. The van der Waals surface area contributed by atoms with Crippen LogP contribution in [0.2, 0.25) is 0 Å². The number of carbonyl (C=O) groups is 2. The minimum atomic E-state index is -4.78. The standard InChI is InChI=1S/C18H21F3N4O6S/c1-9-7-13(32-10(9)2)14(26)22-11-3-4-12(25(8-11)17(27)28)15-23-24-16(31-15)29-5-6-30-18(19,20)21/h7,11-12H,3-6,8H2,1-2H3,(H,22,26)(H,27,28)/t11-,12+/m0/s1. The number of halogens is 3. The molecule has 10 nitrogen and oxygen atoms in total. The summed E-state index contributed by atoms with van der Waals surface area (Å²) in [5.41, 5.74) is 1.01. The average Bonchev–Trinajstić information content (AvgIpc) is 3.31. The van der Waals surface area contributed by atoms with E-state index < -0.39 is 43.8 Å². The Morgan fingerprint density at radius 2 is 2.06 bits per heavy atom. The lowest BCUT2D eigenvalue weighted by molar-refractivity contribution is -0.325. The fraction of sp³-hybridized carbons (Fsp3) is 0.556. The number of thiophene rings is 1. The smallest absolute Gasteiger partial charge is 0.465 e. The van der Waals surface area contributed by atoms with E-state index in [-0.39, 0.29) is 18.3 Å². The molecule has 2 aromatic rings. The van der Waals surface area contributed by atoms with Gasteiger partial charge in [-0.25, -0.2) is 4.79 Å². The average molecular weight is 478 g/mol. The van der Waals surface area contributed by atoms with Crippen molar-refractivity contribution in [3.63, 3.8) is 0 Å². The largest absolute Gasteiger partial charge is 0.522 e. The number of alkyl halides is 3. The molecule has 2 aromatic heterocycles. The summed E-state index contributed by atoms with van der Waals surface area (Å²) in [7, 11) is 0. The highest BCUT2D eigenvalue weighted by molar-refractivity contribution is 7.14. The van der Waals surface area contributed by atoms with Crippen molar-refractivity contribution in [3.8, 4) is 6.08 Å². The van der Waals surface area contributed by atoms with Crippen LogP contribution in [0.5, 0.6) is 6.08 Å². The van der Waals surface area contributed by atoms with Gasteiger partial charge in [0.25, 0.3) is 5.91 Å². The van der Waals surface area contributed by atoms with Crippen molar-refractivity contribution in [3.05, 3.63) is 27.3 Å². The van der Waals surface area contributed by atoms with Gasteiger partial charge in [0.15, 0.2) is 0 Å². The third-order valence-electron chi connectivity index (χ3n) is 4.83. The summed E-state index contributed by atoms with van der Waals surface area (Å²) in [5.74, 6) is -0.317. The Morgan fingerprint density at radius 1 is 1.31 bits per heavy atom. The van der Waals surface area contributed by atoms with Crippen LogP contribution in [0.15, 0.2) is 10.5 Å². The van der Waals surface area contributed by atoms with Crippen LogP contribution in [0.25, 0.3) is 0 Å². The van der Waals surface area contributed by atoms with Gasteiger partial charge in [0.05, 0.1) is 11.5 Å². The highest BCUT2D eigenvalue weighted by Gasteiger charge is 2.37. The van der Waals surface area contributed by atoms with Crippen LogP contribution in [0.1, 0.15) is 44.9 Å². The molecule has 1 fully saturated rings. The van der Waals surface area contributed by atoms with Crippen LogP contribution in [-0.4, -0.2) is 64.4 Å². The first-order chi connectivity index (χ1) is 15.0. The number of hydrogen-bond acceptors (Lipinski definition) is 8. The van der Waals surface area contributed by atoms with Crippen molar-refractivity contribution in [1.82, 2.24) is 20.4 Å². The third-order valence-corrected chi connectivity index (χ3v) is 5.99. The minimum Gasteiger partial charge on any atom is -0.465 e. The molecule has 3 rings (SSSR count). The van der Waals surface area contributed by atoms with E-state index in [1.54, 1.807) is 6.07 Å². The van der Waals surface area contributed by atoms with E-state index in [2.05, 4.69) is 20.3 Å². The number of rotatable bonds is 7. The van der Waals surface area contributed by atoms with E-state index in [0.717, 1.165) is 15.3 Å². The first kappa shape index (κ1) is 23.8. The number of ether oxygens (including phenoxy) is 2. The number of likely N-dealkylation sites (tertiary alicyclic amines) is 1. The number of hydrogen-bond donors (Lipinski definition) is 2. The Hall–Kier alpha value is -2.87. The summed E-state index contributed by atoms with van der Waals surface area (Å²) in [6, 6.07) is 0.606. The van der Waals surface area contributed by atoms with Gasteiger partial charge in [0, 0.05) is 17.5 Å². The van der Waals surface area contributed by atoms with Crippen LogP contribution in [0.4, 0.5) is 18.0 Å². The maximum atomic E-state index is 12.5. The van der Waals surface area contributed by atoms with Crippen LogP contribution < -0.4 is 10.1 Å². The molecule has 0 unspecified atom stereocenters. The van der Waals surface area contributed by atoms with Crippen LogP contribution in [-0.2, 0) is 4.74 Å². The maximum absolute atomic E-state index is 12.5. The molecule has 2 N–H and O–H groups in total. The van der Waals surface area contributed by atoms with Gasteiger partial charge < -0.3 is 19.6 Å². The Balaban J connectivity index is 1.58. The molecule has 1 aliphatic heterocycles. The van der Waals surface area contributed by atoms with Crippen molar-refractivity contribution in [2.45, 2.75) is 45.1 Å². The molecule has 3 heterocycles. The number of amides is 2. The van der Waals surface area contributed by atoms with E-state index in [1.165, 1.54) is 11.3 Å². The molecule has 0 saturated carbocycles. The zero-order valence-electron chi connectivity index (χ0n) is 17.1. The van der Waals surface area contributed by atoms with Gasteiger partial charge in [-0.15, -0.1) is 29.6 Å². The first-order valence-corrected chi connectivity index (χ1v) is 10.4. The molecule has 14 heteroatoms. The Labute approximate surface area is 184 Å². The predicted molar refractivity (Wildman–Crippen MR) is 104 cm³/mol. The van der Waals surface area contributed by atoms with Gasteiger partial charge in [0.2, 0.25) is 5.89 Å². The van der Waals surface area contributed by atoms with E-state index in [1.807, 2.05) is 13.8 Å². The number of carbonyl (C=O) groups excluding carboxylic acids is 1. The molecule has 0 radical (unpaired) electrons. The van der Waals surface area contributed by atoms with Crippen LogP contribution in [0, 0.1) is 13.8 Å². The van der Waals surface area contributed by atoms with Crippen LogP contribution in [0.3, 0.4) is 0 Å². The summed E-state index contributed by atoms with van der Waals surface area (Å²) >= 11 is 1.37. The fourth-order valence-corrected chi connectivity index (χ4v) is 4.14. The lowest BCUT2D eigenvalue weighted by Crippen LogP contribution is -2.50. The molecule has 0 aliphatic carbocycles. The van der Waals surface area contributed by atoms with Crippen molar-refractivity contribution in [1.29, 1.82) is 0 Å². The third kappa shape index (κ3) is 6.09. The maximum Gasteiger partial charge on any atom is 0.522 e. The normalized spacial score (nSPS) is 19.1. The van der Waals surface area contributed by atoms with E-state index in [4.69, 9.17) is 9.15 Å². The predicted octanol–water partition coefficient (Wildman–Crippen LogP) is 3.28. The second kappa shape index (κ2) is 9.73. The molecule has 0 bridgehead atoms. The Kier molecular flexibility index (Phi) is 7.23. The van der Waals surface area contributed by atoms with Gasteiger partial charge in [-0.05, 0) is 38.3 Å². The SMILES string of the molecule is Cc1cc(C(=O)N[C@H]2CC[C@H](c3nnc(OCCOC(F)(F)F)o3)N(C(=O)O)C2)sc1C. The topological polar surface area (TPSA) is 127 Å². The molecule has 176 valence electrons. The molecule has 0 spiro atoms. The van der Waals surface area contributed by atoms with Gasteiger partial charge in [-0.1, -0.05) is 5.10 Å². The molecular weight excluding hydrogens is 457 g/mol. The summed E-state index contributed by atoms with van der Waals surface area (Å²) in [5, 5.41) is 19.8. The van der Waals surface area contributed by atoms with Crippen molar-refractivity contribution >= 4 is 23.3 Å². The molecule has 1 aliphatic rings. The second-order valence-electron chi connectivity index (χ2n) is 7.10. The summed E-state index contributed by atoms with van der Waals surface area (Å²) in [6.45, 7) is 2.58. The summed E-state index contributed by atoms with van der Waals surface area (Å²) < 4.78 is 49.6. The lowest BCUT2D eigenvalue weighted by Gasteiger charge is -2.36. The fourth-order valence-electron chi connectivity index (χ4n) is 3.20. The van der Waals surface area contributed by atoms with E-state index >= 15 is 0 Å². The number of nitrogens with zero attached hydrogens (tertiary/aromatic N) is 3. The van der Waals surface area contributed by atoms with Gasteiger partial charge >= 0.3 is 18.5 Å². The number of carboxylic acid groups (broad SMARTS) is 1. The monoisotopic (exact) mass is 478 g/mol. The molecule has 1 saturated heterocycles. The molecule has 2 amide bonds. The number of aryl methyl sites for hydroxylation is 2. The van der Waals surface area contributed by atoms with Gasteiger partial charge in [-0.2, -0.15) is 0 Å². The first-order valence-electron chi connectivity index (χ1n) is 9.58. The molecule has 32 heavy (non-hydrogen) atoms. The number of piperidine rings is 1. The van der Waals surface area contributed by atoms with E-state index in [9.17, 15) is 27.9 Å². The lowest BCUT2D eigenvalue weighted by atomic mass is 9.98. The van der Waals surface area contributed by atoms with Gasteiger partial charge in [0.1, 0.15) is 12.6 Å². The zero-order valence-corrected chi connectivity index (χ0v) is 18.0. The minimum absolute atomic E-state index is 0.00702. The van der Waals surface area contributed by atoms with Crippen molar-refractivity contribution in [2.75, 3.05) is 19.8 Å². The van der Waals surface area contributed by atoms with Crippen LogP contribution >= 0.6 is 11.3 Å². The number of nitrogens with one attached hydrogen (secondary N) is 1. The second-order valence-corrected chi connectivity index (χ2v) is 8.35. The van der Waals surface area contributed by atoms with Gasteiger partial charge in [-0.3, -0.25) is 14.4 Å². The van der Waals surface area contributed by atoms with Crippen molar-refractivity contribution in [2.24, 2.45) is 0 Å². The molecular formula is C18H21F3N4O6S. The Bertz CT molecular complexity index is 943. The summed E-state index contributed by atoms with van der Waals surface area (Å²) in [4.78, 5) is 26.9. The van der Waals surface area contributed by atoms with Crippen molar-refractivity contribution < 1.29 is 41.8 Å². The molecule has 2 atom stereocenters. The number of aromatic nitrogens is 2. The van der Waals surface area contributed by atoms with E-state index in [0.29, 0.717) is 17.7 Å². The zero-order chi connectivity index (χ0) is 23.5.